The maximum absolute atomic E-state index is 3.85. The van der Waals surface area contributed by atoms with E-state index in [0.717, 1.165) is 13.0 Å². The molecule has 0 aliphatic rings. The summed E-state index contributed by atoms with van der Waals surface area (Å²) in [6, 6.07) is 1.31. The van der Waals surface area contributed by atoms with Crippen molar-refractivity contribution in [1.29, 1.82) is 0 Å². The SMILES string of the molecule is C[CH-]C.[CH2-]CCN(C(C)C)C(C)C.[Zn+2]. The molecule has 0 radical (unpaired) electrons. The van der Waals surface area contributed by atoms with Crippen LogP contribution >= 0.6 is 0 Å². The number of hydrogen-bond acceptors (Lipinski definition) is 1. The van der Waals surface area contributed by atoms with Crippen molar-refractivity contribution in [2.75, 3.05) is 6.54 Å². The Bertz CT molecular complexity index is 84.3. The molecule has 0 spiro atoms. The zero-order valence-electron chi connectivity index (χ0n) is 11.0. The monoisotopic (exact) mass is 249 g/mol. The van der Waals surface area contributed by atoms with Crippen LogP contribution in [-0.4, -0.2) is 23.5 Å². The Labute approximate surface area is 104 Å². The van der Waals surface area contributed by atoms with E-state index in [2.05, 4.69) is 39.5 Å². The largest absolute Gasteiger partial charge is 2.00 e. The Balaban J connectivity index is -0.000000267. The minimum absolute atomic E-state index is 0. The fourth-order valence-corrected chi connectivity index (χ4v) is 1.30. The van der Waals surface area contributed by atoms with Gasteiger partial charge in [-0.25, -0.2) is 0 Å². The van der Waals surface area contributed by atoms with E-state index in [4.69, 9.17) is 0 Å². The van der Waals surface area contributed by atoms with E-state index in [0.29, 0.717) is 12.1 Å². The van der Waals surface area contributed by atoms with E-state index in [-0.39, 0.29) is 19.5 Å². The van der Waals surface area contributed by atoms with E-state index in [1.54, 1.807) is 0 Å². The smallest absolute Gasteiger partial charge is 0.342 e. The van der Waals surface area contributed by atoms with Gasteiger partial charge < -0.3 is 18.2 Å². The molecule has 0 rings (SSSR count). The summed E-state index contributed by atoms with van der Waals surface area (Å²) in [5.74, 6) is 0. The van der Waals surface area contributed by atoms with Gasteiger partial charge in [0.2, 0.25) is 0 Å². The first-order valence-electron chi connectivity index (χ1n) is 5.30. The molecule has 0 aliphatic carbocycles. The van der Waals surface area contributed by atoms with Crippen LogP contribution in [0.15, 0.2) is 0 Å². The summed E-state index contributed by atoms with van der Waals surface area (Å²) < 4.78 is 0. The van der Waals surface area contributed by atoms with Crippen molar-refractivity contribution >= 4 is 0 Å². The summed E-state index contributed by atoms with van der Waals surface area (Å²) in [4.78, 5) is 2.45. The Hall–Kier alpha value is 0.583. The average Bonchev–Trinajstić information content (AvgIpc) is 2.00. The van der Waals surface area contributed by atoms with Gasteiger partial charge >= 0.3 is 19.5 Å². The third-order valence-corrected chi connectivity index (χ3v) is 1.74. The van der Waals surface area contributed by atoms with Crippen LogP contribution in [0, 0.1) is 13.3 Å². The van der Waals surface area contributed by atoms with Gasteiger partial charge in [0.05, 0.1) is 0 Å². The maximum atomic E-state index is 3.85. The zero-order valence-corrected chi connectivity index (χ0v) is 14.0. The van der Waals surface area contributed by atoms with Crippen molar-refractivity contribution in [2.45, 2.75) is 60.0 Å². The van der Waals surface area contributed by atoms with Gasteiger partial charge in [-0.1, -0.05) is 0 Å². The van der Waals surface area contributed by atoms with Crippen LogP contribution in [0.25, 0.3) is 0 Å². The zero-order chi connectivity index (χ0) is 10.9. The second-order valence-electron chi connectivity index (χ2n) is 3.86. The number of nitrogens with zero attached hydrogens (tertiary/aromatic N) is 1. The molecule has 0 heterocycles. The van der Waals surface area contributed by atoms with Crippen molar-refractivity contribution < 1.29 is 19.5 Å². The second-order valence-corrected chi connectivity index (χ2v) is 3.86. The summed E-state index contributed by atoms with van der Waals surface area (Å²) in [6.07, 6.45) is 3.01. The minimum atomic E-state index is 0. The van der Waals surface area contributed by atoms with Crippen LogP contribution in [0.4, 0.5) is 0 Å². The van der Waals surface area contributed by atoms with Crippen LogP contribution in [0.1, 0.15) is 48.0 Å². The first-order valence-corrected chi connectivity index (χ1v) is 5.30. The van der Waals surface area contributed by atoms with E-state index in [9.17, 15) is 0 Å². The Morgan fingerprint density at radius 2 is 1.36 bits per heavy atom. The quantitative estimate of drug-likeness (QED) is 0.545. The van der Waals surface area contributed by atoms with Gasteiger partial charge in [-0.2, -0.15) is 20.3 Å². The third kappa shape index (κ3) is 12.6. The molecule has 0 fully saturated rings. The number of rotatable bonds is 4. The molecule has 0 amide bonds. The van der Waals surface area contributed by atoms with Crippen molar-refractivity contribution in [2.24, 2.45) is 0 Å². The predicted octanol–water partition coefficient (Wildman–Crippen LogP) is 3.56. The van der Waals surface area contributed by atoms with Gasteiger partial charge in [-0.05, 0) is 34.2 Å². The normalized spacial score (nSPS) is 9.86. The van der Waals surface area contributed by atoms with Gasteiger partial charge in [0.15, 0.2) is 0 Å². The molecule has 0 aromatic heterocycles. The molecule has 0 unspecified atom stereocenters. The predicted molar refractivity (Wildman–Crippen MR) is 62.6 cm³/mol. The van der Waals surface area contributed by atoms with Crippen LogP contribution in [0.5, 0.6) is 0 Å². The number of hydrogen-bond donors (Lipinski definition) is 0. The first kappa shape index (κ1) is 20.1. The molecule has 1 nitrogen and oxygen atoms in total. The van der Waals surface area contributed by atoms with Crippen LogP contribution in [0.2, 0.25) is 0 Å². The van der Waals surface area contributed by atoms with Crippen molar-refractivity contribution in [3.63, 3.8) is 0 Å². The van der Waals surface area contributed by atoms with Crippen LogP contribution in [0.3, 0.4) is 0 Å². The molecular formula is C12H27NZn. The van der Waals surface area contributed by atoms with Gasteiger partial charge in [-0.3, -0.25) is 0 Å². The molecular weight excluding hydrogens is 224 g/mol. The summed E-state index contributed by atoms with van der Waals surface area (Å²) >= 11 is 0. The standard InChI is InChI=1S/C9H20N.C3H7.Zn/c1-6-7-10(8(2)3)9(4)5;1-3-2;/h8-9H,1,6-7H2,2-5H3;3H,1-2H3;/q2*-1;+2. The fourth-order valence-electron chi connectivity index (χ4n) is 1.30. The molecule has 82 valence electrons. The molecule has 0 saturated carbocycles. The van der Waals surface area contributed by atoms with Crippen LogP contribution in [-0.2, 0) is 19.5 Å². The van der Waals surface area contributed by atoms with Crippen molar-refractivity contribution in [3.05, 3.63) is 13.3 Å². The molecule has 0 aromatic rings. The van der Waals surface area contributed by atoms with Gasteiger partial charge in [0.1, 0.15) is 0 Å². The van der Waals surface area contributed by atoms with E-state index in [1.807, 2.05) is 20.3 Å². The minimum Gasteiger partial charge on any atom is -0.342 e. The van der Waals surface area contributed by atoms with Gasteiger partial charge in [-0.15, -0.1) is 0 Å². The molecule has 2 heteroatoms. The Kier molecular flexibility index (Phi) is 19.5. The van der Waals surface area contributed by atoms with Crippen LogP contribution < -0.4 is 0 Å². The molecule has 14 heavy (non-hydrogen) atoms. The van der Waals surface area contributed by atoms with E-state index >= 15 is 0 Å². The molecule has 0 bridgehead atoms. The topological polar surface area (TPSA) is 3.24 Å². The summed E-state index contributed by atoms with van der Waals surface area (Å²) in [7, 11) is 0. The summed E-state index contributed by atoms with van der Waals surface area (Å²) in [5.41, 5.74) is 0. The Morgan fingerprint density at radius 1 is 1.07 bits per heavy atom. The van der Waals surface area contributed by atoms with Gasteiger partial charge in [0, 0.05) is 12.1 Å². The average molecular weight is 251 g/mol. The summed E-state index contributed by atoms with van der Waals surface area (Å²) in [5, 5.41) is 0. The molecule has 0 saturated heterocycles. The van der Waals surface area contributed by atoms with E-state index < -0.39 is 0 Å². The molecule has 0 aliphatic heterocycles. The Morgan fingerprint density at radius 3 is 1.43 bits per heavy atom. The molecule has 0 aromatic carbocycles. The first-order chi connectivity index (χ1) is 6.01. The van der Waals surface area contributed by atoms with Gasteiger partial charge in [0.25, 0.3) is 0 Å². The van der Waals surface area contributed by atoms with E-state index in [1.165, 1.54) is 0 Å². The molecule has 0 atom stereocenters. The fraction of sp³-hybridized carbons (Fsp3) is 0.833. The van der Waals surface area contributed by atoms with Crippen molar-refractivity contribution in [3.8, 4) is 0 Å². The maximum Gasteiger partial charge on any atom is 2.00 e. The van der Waals surface area contributed by atoms with Crippen molar-refractivity contribution in [1.82, 2.24) is 4.90 Å². The second kappa shape index (κ2) is 13.6. The molecule has 0 N–H and O–H groups in total. The third-order valence-electron chi connectivity index (χ3n) is 1.74. The summed E-state index contributed by atoms with van der Waals surface area (Å²) in [6.45, 7) is 17.9.